The van der Waals surface area contributed by atoms with E-state index in [2.05, 4.69) is 21.2 Å². The SMILES string of the molecule is O=C(OCCBr)c1ccccc1CNC(=O)C1CC1. The number of carbonyl (C=O) groups is 2. The molecule has 1 aliphatic rings. The molecule has 2 rings (SSSR count). The van der Waals surface area contributed by atoms with Crippen LogP contribution < -0.4 is 5.32 Å². The van der Waals surface area contributed by atoms with Crippen LogP contribution in [0, 0.1) is 5.92 Å². The molecule has 0 heterocycles. The fraction of sp³-hybridized carbons (Fsp3) is 0.429. The van der Waals surface area contributed by atoms with Gasteiger partial charge in [0.05, 0.1) is 5.56 Å². The molecule has 1 amide bonds. The van der Waals surface area contributed by atoms with Gasteiger partial charge in [0.25, 0.3) is 0 Å². The molecule has 19 heavy (non-hydrogen) atoms. The van der Waals surface area contributed by atoms with Crippen molar-refractivity contribution < 1.29 is 14.3 Å². The average Bonchev–Trinajstić information content (AvgIpc) is 3.27. The minimum atomic E-state index is -0.351. The van der Waals surface area contributed by atoms with Crippen molar-refractivity contribution in [3.8, 4) is 0 Å². The zero-order valence-electron chi connectivity index (χ0n) is 10.5. The summed E-state index contributed by atoms with van der Waals surface area (Å²) in [6, 6.07) is 7.18. The molecule has 1 aliphatic carbocycles. The second kappa shape index (κ2) is 6.70. The van der Waals surface area contributed by atoms with E-state index in [1.807, 2.05) is 12.1 Å². The Morgan fingerprint density at radius 3 is 2.74 bits per heavy atom. The minimum absolute atomic E-state index is 0.0728. The summed E-state index contributed by atoms with van der Waals surface area (Å²) in [6.07, 6.45) is 1.95. The van der Waals surface area contributed by atoms with Gasteiger partial charge in [0.2, 0.25) is 5.91 Å². The van der Waals surface area contributed by atoms with Gasteiger partial charge in [0.15, 0.2) is 0 Å². The highest BCUT2D eigenvalue weighted by Crippen LogP contribution is 2.28. The summed E-state index contributed by atoms with van der Waals surface area (Å²) < 4.78 is 5.09. The van der Waals surface area contributed by atoms with Crippen LogP contribution in [0.5, 0.6) is 0 Å². The standard InChI is InChI=1S/C14H16BrNO3/c15-7-8-19-14(18)12-4-2-1-3-11(12)9-16-13(17)10-5-6-10/h1-4,10H,5-9H2,(H,16,17). The number of nitrogens with one attached hydrogen (secondary N) is 1. The van der Waals surface area contributed by atoms with Gasteiger partial charge in [-0.2, -0.15) is 0 Å². The van der Waals surface area contributed by atoms with Crippen molar-refractivity contribution in [3.05, 3.63) is 35.4 Å². The number of ether oxygens (including phenoxy) is 1. The summed E-state index contributed by atoms with van der Waals surface area (Å²) in [4.78, 5) is 23.5. The normalized spacial score (nSPS) is 13.9. The summed E-state index contributed by atoms with van der Waals surface area (Å²) in [5.41, 5.74) is 1.30. The lowest BCUT2D eigenvalue weighted by atomic mass is 10.1. The maximum atomic E-state index is 11.9. The van der Waals surface area contributed by atoms with Crippen molar-refractivity contribution in [1.82, 2.24) is 5.32 Å². The summed E-state index contributed by atoms with van der Waals surface area (Å²) >= 11 is 3.21. The van der Waals surface area contributed by atoms with E-state index in [1.165, 1.54) is 0 Å². The number of amides is 1. The number of hydrogen-bond donors (Lipinski definition) is 1. The Balaban J connectivity index is 1.98. The van der Waals surface area contributed by atoms with E-state index in [4.69, 9.17) is 4.74 Å². The first-order chi connectivity index (χ1) is 9.22. The largest absolute Gasteiger partial charge is 0.461 e. The van der Waals surface area contributed by atoms with Crippen LogP contribution in [0.1, 0.15) is 28.8 Å². The molecule has 4 nitrogen and oxygen atoms in total. The van der Waals surface area contributed by atoms with E-state index in [-0.39, 0.29) is 17.8 Å². The van der Waals surface area contributed by atoms with Crippen molar-refractivity contribution in [2.75, 3.05) is 11.9 Å². The van der Waals surface area contributed by atoms with Gasteiger partial charge in [-0.05, 0) is 24.5 Å². The molecule has 1 aromatic rings. The molecule has 0 spiro atoms. The Morgan fingerprint density at radius 1 is 1.32 bits per heavy atom. The summed E-state index contributed by atoms with van der Waals surface area (Å²) in [5.74, 6) is -0.105. The summed E-state index contributed by atoms with van der Waals surface area (Å²) in [6.45, 7) is 0.705. The van der Waals surface area contributed by atoms with Crippen molar-refractivity contribution in [1.29, 1.82) is 0 Å². The maximum Gasteiger partial charge on any atom is 0.338 e. The monoisotopic (exact) mass is 325 g/mol. The third kappa shape index (κ3) is 4.06. The van der Waals surface area contributed by atoms with Crippen molar-refractivity contribution >= 4 is 27.8 Å². The summed E-state index contributed by atoms with van der Waals surface area (Å²) in [5, 5.41) is 3.47. The smallest absolute Gasteiger partial charge is 0.338 e. The van der Waals surface area contributed by atoms with Crippen LogP contribution in [0.4, 0.5) is 0 Å². The molecular formula is C14H16BrNO3. The average molecular weight is 326 g/mol. The van der Waals surface area contributed by atoms with Crippen LogP contribution in [0.25, 0.3) is 0 Å². The van der Waals surface area contributed by atoms with E-state index in [0.29, 0.717) is 24.0 Å². The maximum absolute atomic E-state index is 11.9. The zero-order chi connectivity index (χ0) is 13.7. The van der Waals surface area contributed by atoms with E-state index < -0.39 is 0 Å². The Hall–Kier alpha value is -1.36. The molecule has 0 saturated heterocycles. The number of hydrogen-bond acceptors (Lipinski definition) is 3. The third-order valence-electron chi connectivity index (χ3n) is 2.95. The molecule has 0 bridgehead atoms. The van der Waals surface area contributed by atoms with Crippen molar-refractivity contribution in [2.24, 2.45) is 5.92 Å². The number of esters is 1. The van der Waals surface area contributed by atoms with Gasteiger partial charge < -0.3 is 10.1 Å². The predicted molar refractivity (Wildman–Crippen MR) is 75.1 cm³/mol. The number of benzene rings is 1. The number of rotatable bonds is 6. The molecule has 0 aromatic heterocycles. The molecule has 0 radical (unpaired) electrons. The van der Waals surface area contributed by atoms with E-state index >= 15 is 0 Å². The Bertz CT molecular complexity index is 472. The first-order valence-electron chi connectivity index (χ1n) is 6.31. The number of carbonyl (C=O) groups excluding carboxylic acids is 2. The van der Waals surface area contributed by atoms with Crippen molar-refractivity contribution in [2.45, 2.75) is 19.4 Å². The molecule has 0 atom stereocenters. The van der Waals surface area contributed by atoms with Gasteiger partial charge in [0, 0.05) is 17.8 Å². The van der Waals surface area contributed by atoms with E-state index in [9.17, 15) is 9.59 Å². The molecule has 1 saturated carbocycles. The lowest BCUT2D eigenvalue weighted by Crippen LogP contribution is -2.25. The van der Waals surface area contributed by atoms with E-state index in [0.717, 1.165) is 18.4 Å². The first kappa shape index (κ1) is 14.1. The fourth-order valence-electron chi connectivity index (χ4n) is 1.75. The van der Waals surface area contributed by atoms with Crippen LogP contribution in [0.15, 0.2) is 24.3 Å². The molecule has 0 aliphatic heterocycles. The summed E-state index contributed by atoms with van der Waals surface area (Å²) in [7, 11) is 0. The molecule has 0 unspecified atom stereocenters. The highest BCUT2D eigenvalue weighted by Gasteiger charge is 2.29. The van der Waals surface area contributed by atoms with Crippen LogP contribution >= 0.6 is 15.9 Å². The third-order valence-corrected chi connectivity index (χ3v) is 3.27. The van der Waals surface area contributed by atoms with Gasteiger partial charge in [-0.1, -0.05) is 34.1 Å². The molecule has 1 N–H and O–H groups in total. The molecule has 1 aromatic carbocycles. The van der Waals surface area contributed by atoms with E-state index in [1.54, 1.807) is 12.1 Å². The van der Waals surface area contributed by atoms with Gasteiger partial charge in [-0.3, -0.25) is 4.79 Å². The van der Waals surface area contributed by atoms with Crippen LogP contribution in [0.2, 0.25) is 0 Å². The molecular weight excluding hydrogens is 310 g/mol. The van der Waals surface area contributed by atoms with Gasteiger partial charge >= 0.3 is 5.97 Å². The highest BCUT2D eigenvalue weighted by molar-refractivity contribution is 9.09. The lowest BCUT2D eigenvalue weighted by Gasteiger charge is -2.10. The topological polar surface area (TPSA) is 55.4 Å². The number of halogens is 1. The molecule has 1 fully saturated rings. The van der Waals surface area contributed by atoms with Crippen LogP contribution in [-0.2, 0) is 16.1 Å². The second-order valence-electron chi connectivity index (χ2n) is 4.47. The number of alkyl halides is 1. The quantitative estimate of drug-likeness (QED) is 0.644. The van der Waals surface area contributed by atoms with Crippen molar-refractivity contribution in [3.63, 3.8) is 0 Å². The first-order valence-corrected chi connectivity index (χ1v) is 7.43. The molecule has 102 valence electrons. The Morgan fingerprint density at radius 2 is 2.05 bits per heavy atom. The zero-order valence-corrected chi connectivity index (χ0v) is 12.1. The Labute approximate surface area is 120 Å². The highest BCUT2D eigenvalue weighted by atomic mass is 79.9. The van der Waals surface area contributed by atoms with Gasteiger partial charge in [0.1, 0.15) is 6.61 Å². The Kier molecular flexibility index (Phi) is 4.96. The lowest BCUT2D eigenvalue weighted by molar-refractivity contribution is -0.122. The van der Waals surface area contributed by atoms with Crippen LogP contribution in [-0.4, -0.2) is 23.8 Å². The van der Waals surface area contributed by atoms with Gasteiger partial charge in [-0.15, -0.1) is 0 Å². The minimum Gasteiger partial charge on any atom is -0.461 e. The van der Waals surface area contributed by atoms with Crippen LogP contribution in [0.3, 0.4) is 0 Å². The predicted octanol–water partition coefficient (Wildman–Crippen LogP) is 2.26. The fourth-order valence-corrected chi connectivity index (χ4v) is 1.92. The second-order valence-corrected chi connectivity index (χ2v) is 5.27. The van der Waals surface area contributed by atoms with Gasteiger partial charge in [-0.25, -0.2) is 4.79 Å². The molecule has 5 heteroatoms.